The minimum Gasteiger partial charge on any atom is -0.468 e. The Bertz CT molecular complexity index is 537. The molecule has 0 aliphatic carbocycles. The number of hydrogen-bond acceptors (Lipinski definition) is 5. The van der Waals surface area contributed by atoms with Crippen molar-refractivity contribution in [3.8, 4) is 5.95 Å². The molecule has 3 rings (SSSR count). The third kappa shape index (κ3) is 3.92. The zero-order valence-corrected chi connectivity index (χ0v) is 14.4. The predicted molar refractivity (Wildman–Crippen MR) is 90.1 cm³/mol. The number of hydrogen-bond donors (Lipinski definition) is 1. The Morgan fingerprint density at radius 2 is 1.92 bits per heavy atom. The molecule has 2 saturated heterocycles. The van der Waals surface area contributed by atoms with Gasteiger partial charge in [-0.25, -0.2) is 0 Å². The molecule has 2 aliphatic rings. The van der Waals surface area contributed by atoms with Gasteiger partial charge in [-0.3, -0.25) is 4.79 Å². The van der Waals surface area contributed by atoms with Crippen LogP contribution in [0.2, 0.25) is 0 Å². The Kier molecular flexibility index (Phi) is 5.79. The van der Waals surface area contributed by atoms with E-state index in [2.05, 4.69) is 4.90 Å². The molecule has 0 unspecified atom stereocenters. The van der Waals surface area contributed by atoms with Crippen LogP contribution < -0.4 is 4.74 Å². The average molecular weight is 336 g/mol. The summed E-state index contributed by atoms with van der Waals surface area (Å²) >= 11 is 0. The van der Waals surface area contributed by atoms with Crippen molar-refractivity contribution in [2.45, 2.75) is 25.7 Å². The number of aliphatic hydroxyl groups is 1. The molecule has 6 heteroatoms. The van der Waals surface area contributed by atoms with E-state index in [1.807, 2.05) is 4.90 Å². The highest BCUT2D eigenvalue weighted by Gasteiger charge is 2.37. The zero-order chi connectivity index (χ0) is 16.9. The summed E-state index contributed by atoms with van der Waals surface area (Å²) in [4.78, 5) is 16.9. The van der Waals surface area contributed by atoms with Crippen LogP contribution in [-0.2, 0) is 0 Å². The maximum atomic E-state index is 12.6. The van der Waals surface area contributed by atoms with E-state index in [-0.39, 0.29) is 18.4 Å². The largest absolute Gasteiger partial charge is 0.468 e. The highest BCUT2D eigenvalue weighted by molar-refractivity contribution is 5.91. The lowest BCUT2D eigenvalue weighted by Crippen LogP contribution is -2.35. The van der Waals surface area contributed by atoms with Gasteiger partial charge in [0.25, 0.3) is 11.9 Å². The molecule has 134 valence electrons. The normalized spacial score (nSPS) is 25.7. The Hall–Kier alpha value is -1.53. The van der Waals surface area contributed by atoms with Crippen LogP contribution in [0.4, 0.5) is 0 Å². The smallest absolute Gasteiger partial charge is 0.289 e. The van der Waals surface area contributed by atoms with Gasteiger partial charge in [0.1, 0.15) is 0 Å². The van der Waals surface area contributed by atoms with Crippen molar-refractivity contribution in [2.75, 3.05) is 46.4 Å². The summed E-state index contributed by atoms with van der Waals surface area (Å²) in [5.74, 6) is 1.01. The van der Waals surface area contributed by atoms with E-state index >= 15 is 0 Å². The van der Waals surface area contributed by atoms with Gasteiger partial charge in [-0.1, -0.05) is 12.8 Å². The van der Waals surface area contributed by atoms with Gasteiger partial charge < -0.3 is 24.1 Å². The first-order chi connectivity index (χ1) is 11.7. The Labute approximate surface area is 143 Å². The minimum atomic E-state index is -0.116. The molecule has 1 N–H and O–H groups in total. The van der Waals surface area contributed by atoms with Crippen LogP contribution in [0.1, 0.15) is 36.2 Å². The summed E-state index contributed by atoms with van der Waals surface area (Å²) in [5.41, 5.74) is 0. The fourth-order valence-electron chi connectivity index (χ4n) is 3.87. The SMILES string of the molecule is COc1ccc(C(=O)N2C[C@@H](CN3CCCCCC3)[C@@H](CO)C2)o1. The minimum absolute atomic E-state index is 0.116. The van der Waals surface area contributed by atoms with Gasteiger partial charge in [-0.15, -0.1) is 0 Å². The van der Waals surface area contributed by atoms with Gasteiger partial charge in [-0.05, 0) is 37.9 Å². The number of nitrogens with zero attached hydrogens (tertiary/aromatic N) is 2. The molecule has 1 amide bonds. The van der Waals surface area contributed by atoms with E-state index < -0.39 is 0 Å². The first-order valence-corrected chi connectivity index (χ1v) is 8.97. The first kappa shape index (κ1) is 17.3. The first-order valence-electron chi connectivity index (χ1n) is 8.97. The van der Waals surface area contributed by atoms with Gasteiger partial charge in [0.2, 0.25) is 0 Å². The summed E-state index contributed by atoms with van der Waals surface area (Å²) in [6.07, 6.45) is 5.14. The maximum absolute atomic E-state index is 12.6. The molecule has 0 spiro atoms. The van der Waals surface area contributed by atoms with Crippen LogP contribution in [0.15, 0.2) is 16.5 Å². The van der Waals surface area contributed by atoms with Crippen molar-refractivity contribution in [3.63, 3.8) is 0 Å². The van der Waals surface area contributed by atoms with Crippen molar-refractivity contribution < 1.29 is 19.1 Å². The molecule has 2 fully saturated rings. The molecule has 0 bridgehead atoms. The molecular weight excluding hydrogens is 308 g/mol. The fourth-order valence-corrected chi connectivity index (χ4v) is 3.87. The van der Waals surface area contributed by atoms with Crippen LogP contribution in [-0.4, -0.2) is 67.3 Å². The predicted octanol–water partition coefficient (Wildman–Crippen LogP) is 1.84. The van der Waals surface area contributed by atoms with Crippen LogP contribution >= 0.6 is 0 Å². The third-order valence-electron chi connectivity index (χ3n) is 5.28. The topological polar surface area (TPSA) is 66.2 Å². The Morgan fingerprint density at radius 3 is 2.54 bits per heavy atom. The quantitative estimate of drug-likeness (QED) is 0.889. The van der Waals surface area contributed by atoms with Crippen LogP contribution in [0.5, 0.6) is 5.95 Å². The number of carbonyl (C=O) groups is 1. The maximum Gasteiger partial charge on any atom is 0.289 e. The molecule has 0 radical (unpaired) electrons. The number of amides is 1. The summed E-state index contributed by atoms with van der Waals surface area (Å²) in [6, 6.07) is 3.30. The number of furan rings is 1. The van der Waals surface area contributed by atoms with E-state index in [1.54, 1.807) is 12.1 Å². The number of carbonyl (C=O) groups excluding carboxylic acids is 1. The molecule has 24 heavy (non-hydrogen) atoms. The monoisotopic (exact) mass is 336 g/mol. The second-order valence-corrected chi connectivity index (χ2v) is 6.95. The van der Waals surface area contributed by atoms with Crippen molar-refractivity contribution >= 4 is 5.91 Å². The molecule has 2 atom stereocenters. The lowest BCUT2D eigenvalue weighted by molar-refractivity contribution is 0.0741. The fraction of sp³-hybridized carbons (Fsp3) is 0.722. The molecule has 0 saturated carbocycles. The van der Waals surface area contributed by atoms with Crippen molar-refractivity contribution in [1.82, 2.24) is 9.80 Å². The van der Waals surface area contributed by atoms with Gasteiger partial charge in [-0.2, -0.15) is 0 Å². The van der Waals surface area contributed by atoms with Gasteiger partial charge in [0.05, 0.1) is 7.11 Å². The van der Waals surface area contributed by atoms with E-state index in [0.717, 1.165) is 19.6 Å². The standard InChI is InChI=1S/C18H28N2O4/c1-23-17-7-6-16(24-17)18(22)20-11-14(15(12-20)13-21)10-19-8-4-2-3-5-9-19/h6-7,14-15,21H,2-5,8-13H2,1H3/t14-,15-/m1/s1. The second-order valence-electron chi connectivity index (χ2n) is 6.95. The summed E-state index contributed by atoms with van der Waals surface area (Å²) < 4.78 is 10.4. The van der Waals surface area contributed by atoms with E-state index in [0.29, 0.717) is 30.7 Å². The van der Waals surface area contributed by atoms with Crippen molar-refractivity contribution in [2.24, 2.45) is 11.8 Å². The van der Waals surface area contributed by atoms with E-state index in [9.17, 15) is 9.90 Å². The lowest BCUT2D eigenvalue weighted by Gasteiger charge is -2.26. The van der Waals surface area contributed by atoms with Gasteiger partial charge in [0, 0.05) is 38.2 Å². The average Bonchev–Trinajstić information content (AvgIpc) is 3.16. The summed E-state index contributed by atoms with van der Waals surface area (Å²) in [5, 5.41) is 9.73. The Balaban J connectivity index is 1.61. The number of rotatable bonds is 5. The Morgan fingerprint density at radius 1 is 1.21 bits per heavy atom. The third-order valence-corrected chi connectivity index (χ3v) is 5.28. The summed E-state index contributed by atoms with van der Waals surface area (Å²) in [6.45, 7) is 4.65. The molecule has 1 aromatic rings. The van der Waals surface area contributed by atoms with Crippen molar-refractivity contribution in [3.05, 3.63) is 17.9 Å². The molecule has 3 heterocycles. The van der Waals surface area contributed by atoms with Gasteiger partial charge in [0.15, 0.2) is 5.76 Å². The number of aliphatic hydroxyl groups excluding tert-OH is 1. The second kappa shape index (κ2) is 8.03. The molecule has 0 aromatic carbocycles. The molecule has 2 aliphatic heterocycles. The summed E-state index contributed by atoms with van der Waals surface area (Å²) in [7, 11) is 1.52. The highest BCUT2D eigenvalue weighted by Crippen LogP contribution is 2.27. The number of methoxy groups -OCH3 is 1. The van der Waals surface area contributed by atoms with Crippen LogP contribution in [0.25, 0.3) is 0 Å². The lowest BCUT2D eigenvalue weighted by atomic mass is 9.96. The van der Waals surface area contributed by atoms with E-state index in [1.165, 1.54) is 32.8 Å². The van der Waals surface area contributed by atoms with Gasteiger partial charge >= 0.3 is 0 Å². The van der Waals surface area contributed by atoms with Crippen LogP contribution in [0, 0.1) is 11.8 Å². The molecule has 1 aromatic heterocycles. The van der Waals surface area contributed by atoms with E-state index in [4.69, 9.17) is 9.15 Å². The zero-order valence-electron chi connectivity index (χ0n) is 14.4. The molecule has 6 nitrogen and oxygen atoms in total. The molecular formula is C18H28N2O4. The number of likely N-dealkylation sites (tertiary alicyclic amines) is 2. The van der Waals surface area contributed by atoms with Crippen molar-refractivity contribution in [1.29, 1.82) is 0 Å². The number of ether oxygens (including phenoxy) is 1. The van der Waals surface area contributed by atoms with Crippen LogP contribution in [0.3, 0.4) is 0 Å². The highest BCUT2D eigenvalue weighted by atomic mass is 16.6.